The van der Waals surface area contributed by atoms with E-state index in [1.807, 2.05) is 0 Å². The average molecular weight is 384 g/mol. The number of carbonyl (C=O) groups is 3. The highest BCUT2D eigenvalue weighted by molar-refractivity contribution is 5.83. The fourth-order valence-electron chi connectivity index (χ4n) is 3.17. The maximum absolute atomic E-state index is 14.1. The van der Waals surface area contributed by atoms with Crippen LogP contribution >= 0.6 is 0 Å². The van der Waals surface area contributed by atoms with E-state index in [2.05, 4.69) is 5.32 Å². The molecule has 0 saturated carbocycles. The summed E-state index contributed by atoms with van der Waals surface area (Å²) in [5.41, 5.74) is -0.427. The number of carboxylic acids is 1. The van der Waals surface area contributed by atoms with Gasteiger partial charge in [-0.2, -0.15) is 0 Å². The van der Waals surface area contributed by atoms with E-state index in [9.17, 15) is 23.2 Å². The summed E-state index contributed by atoms with van der Waals surface area (Å²) in [6, 6.07) is 1.66. The van der Waals surface area contributed by atoms with Crippen molar-refractivity contribution >= 4 is 17.8 Å². The minimum absolute atomic E-state index is 0.342. The van der Waals surface area contributed by atoms with Crippen LogP contribution in [-0.4, -0.2) is 53.6 Å². The van der Waals surface area contributed by atoms with Crippen molar-refractivity contribution in [2.45, 2.75) is 38.3 Å². The largest absolute Gasteiger partial charge is 0.480 e. The van der Waals surface area contributed by atoms with E-state index < -0.39 is 54.0 Å². The SMILES string of the molecule is CC(=O)N[C@@H](CC(=O)N(CC(=O)O)C1CCOCC1)c1c(F)cccc1F. The van der Waals surface area contributed by atoms with Crippen LogP contribution < -0.4 is 5.32 Å². The molecule has 1 aliphatic heterocycles. The molecular formula is C18H22F2N2O5. The molecule has 1 aromatic carbocycles. The highest BCUT2D eigenvalue weighted by Crippen LogP contribution is 2.25. The van der Waals surface area contributed by atoms with Crippen molar-refractivity contribution in [1.29, 1.82) is 0 Å². The zero-order valence-electron chi connectivity index (χ0n) is 14.9. The summed E-state index contributed by atoms with van der Waals surface area (Å²) in [5.74, 6) is -4.14. The first-order chi connectivity index (χ1) is 12.8. The molecule has 0 aromatic heterocycles. The van der Waals surface area contributed by atoms with Gasteiger partial charge in [0.1, 0.15) is 18.2 Å². The first-order valence-corrected chi connectivity index (χ1v) is 8.59. The summed E-state index contributed by atoms with van der Waals surface area (Å²) in [7, 11) is 0. The summed E-state index contributed by atoms with van der Waals surface area (Å²) in [6.07, 6.45) is 0.484. The third kappa shape index (κ3) is 5.72. The Morgan fingerprint density at radius 2 is 1.85 bits per heavy atom. The third-order valence-corrected chi connectivity index (χ3v) is 4.36. The van der Waals surface area contributed by atoms with Crippen LogP contribution in [0.5, 0.6) is 0 Å². The van der Waals surface area contributed by atoms with Gasteiger partial charge in [-0.3, -0.25) is 14.4 Å². The lowest BCUT2D eigenvalue weighted by molar-refractivity contribution is -0.148. The number of nitrogens with zero attached hydrogens (tertiary/aromatic N) is 1. The van der Waals surface area contributed by atoms with Gasteiger partial charge in [0, 0.05) is 31.7 Å². The van der Waals surface area contributed by atoms with Crippen LogP contribution in [0.3, 0.4) is 0 Å². The molecule has 27 heavy (non-hydrogen) atoms. The van der Waals surface area contributed by atoms with Crippen LogP contribution in [0.15, 0.2) is 18.2 Å². The smallest absolute Gasteiger partial charge is 0.323 e. The molecule has 1 fully saturated rings. The summed E-state index contributed by atoms with van der Waals surface area (Å²) in [5, 5.41) is 11.5. The van der Waals surface area contributed by atoms with Gasteiger partial charge in [0.15, 0.2) is 0 Å². The fraction of sp³-hybridized carbons (Fsp3) is 0.500. The number of hydrogen-bond acceptors (Lipinski definition) is 4. The number of rotatable bonds is 7. The molecule has 1 saturated heterocycles. The molecule has 0 bridgehead atoms. The Labute approximate surface area is 155 Å². The number of benzene rings is 1. The number of aliphatic carboxylic acids is 1. The van der Waals surface area contributed by atoms with Crippen molar-refractivity contribution in [3.63, 3.8) is 0 Å². The zero-order chi connectivity index (χ0) is 20.0. The van der Waals surface area contributed by atoms with E-state index >= 15 is 0 Å². The normalized spacial score (nSPS) is 15.8. The van der Waals surface area contributed by atoms with E-state index in [0.717, 1.165) is 12.1 Å². The highest BCUT2D eigenvalue weighted by atomic mass is 19.1. The number of nitrogens with one attached hydrogen (secondary N) is 1. The molecule has 7 nitrogen and oxygen atoms in total. The van der Waals surface area contributed by atoms with Crippen molar-refractivity contribution < 1.29 is 33.0 Å². The first-order valence-electron chi connectivity index (χ1n) is 8.59. The van der Waals surface area contributed by atoms with E-state index in [1.54, 1.807) is 0 Å². The topological polar surface area (TPSA) is 95.9 Å². The Balaban J connectivity index is 2.26. The second-order valence-corrected chi connectivity index (χ2v) is 6.35. The Hall–Kier alpha value is -2.55. The minimum atomic E-state index is -1.24. The highest BCUT2D eigenvalue weighted by Gasteiger charge is 2.31. The van der Waals surface area contributed by atoms with Crippen LogP contribution in [0.4, 0.5) is 8.78 Å². The van der Waals surface area contributed by atoms with Crippen molar-refractivity contribution in [2.24, 2.45) is 0 Å². The minimum Gasteiger partial charge on any atom is -0.480 e. The van der Waals surface area contributed by atoms with Gasteiger partial charge in [-0.05, 0) is 25.0 Å². The molecule has 0 unspecified atom stereocenters. The summed E-state index contributed by atoms with van der Waals surface area (Å²) >= 11 is 0. The van der Waals surface area contributed by atoms with Crippen molar-refractivity contribution in [3.05, 3.63) is 35.4 Å². The van der Waals surface area contributed by atoms with Crippen LogP contribution in [0.2, 0.25) is 0 Å². The number of hydrogen-bond donors (Lipinski definition) is 2. The molecule has 148 valence electrons. The zero-order valence-corrected chi connectivity index (χ0v) is 14.9. The van der Waals surface area contributed by atoms with Gasteiger partial charge >= 0.3 is 5.97 Å². The average Bonchev–Trinajstić information content (AvgIpc) is 2.59. The molecule has 1 aromatic rings. The quantitative estimate of drug-likeness (QED) is 0.745. The Morgan fingerprint density at radius 1 is 1.26 bits per heavy atom. The van der Waals surface area contributed by atoms with Crippen molar-refractivity contribution in [1.82, 2.24) is 10.2 Å². The van der Waals surface area contributed by atoms with E-state index in [-0.39, 0.29) is 6.04 Å². The van der Waals surface area contributed by atoms with Gasteiger partial charge in [0.2, 0.25) is 11.8 Å². The molecule has 0 radical (unpaired) electrons. The lowest BCUT2D eigenvalue weighted by atomic mass is 9.99. The van der Waals surface area contributed by atoms with E-state index in [0.29, 0.717) is 26.1 Å². The van der Waals surface area contributed by atoms with E-state index in [4.69, 9.17) is 9.84 Å². The van der Waals surface area contributed by atoms with Gasteiger partial charge < -0.3 is 20.1 Å². The number of halogens is 2. The number of carboxylic acid groups (broad SMARTS) is 1. The molecule has 1 atom stereocenters. The van der Waals surface area contributed by atoms with Crippen molar-refractivity contribution in [3.8, 4) is 0 Å². The molecule has 0 spiro atoms. The van der Waals surface area contributed by atoms with Gasteiger partial charge in [-0.1, -0.05) is 6.07 Å². The second kappa shape index (κ2) is 9.40. The lowest BCUT2D eigenvalue weighted by Crippen LogP contribution is -2.47. The van der Waals surface area contributed by atoms with Crippen LogP contribution in [0, 0.1) is 11.6 Å². The Bertz CT molecular complexity index is 687. The predicted octanol–water partition coefficient (Wildman–Crippen LogP) is 1.62. The standard InChI is InChI=1S/C18H22F2N2O5/c1-11(23)21-15(18-13(19)3-2-4-14(18)20)9-16(24)22(10-17(25)26)12-5-7-27-8-6-12/h2-4,12,15H,5-10H2,1H3,(H,21,23)(H,25,26)/t15-/m0/s1. The second-order valence-electron chi connectivity index (χ2n) is 6.35. The maximum Gasteiger partial charge on any atom is 0.323 e. The third-order valence-electron chi connectivity index (χ3n) is 4.36. The molecule has 9 heteroatoms. The molecule has 1 aliphatic rings. The first kappa shape index (κ1) is 20.8. The summed E-state index contributed by atoms with van der Waals surface area (Å²) < 4.78 is 33.5. The van der Waals surface area contributed by atoms with Gasteiger partial charge in [0.05, 0.1) is 12.5 Å². The number of amides is 2. The number of carbonyl (C=O) groups excluding carboxylic acids is 2. The van der Waals surface area contributed by atoms with Gasteiger partial charge in [-0.25, -0.2) is 8.78 Å². The molecule has 0 aliphatic carbocycles. The summed E-state index contributed by atoms with van der Waals surface area (Å²) in [4.78, 5) is 36.6. The number of ether oxygens (including phenoxy) is 1. The van der Waals surface area contributed by atoms with Crippen LogP contribution in [0.1, 0.15) is 37.8 Å². The van der Waals surface area contributed by atoms with Crippen LogP contribution in [0.25, 0.3) is 0 Å². The Morgan fingerprint density at radius 3 is 2.37 bits per heavy atom. The molecule has 2 amide bonds. The monoisotopic (exact) mass is 384 g/mol. The molecule has 2 N–H and O–H groups in total. The fourth-order valence-corrected chi connectivity index (χ4v) is 3.17. The predicted molar refractivity (Wildman–Crippen MR) is 90.7 cm³/mol. The molecule has 1 heterocycles. The van der Waals surface area contributed by atoms with Gasteiger partial charge in [0.25, 0.3) is 0 Å². The lowest BCUT2D eigenvalue weighted by Gasteiger charge is -2.34. The van der Waals surface area contributed by atoms with Crippen LogP contribution in [-0.2, 0) is 19.1 Å². The summed E-state index contributed by atoms with van der Waals surface area (Å²) in [6.45, 7) is 1.43. The molecular weight excluding hydrogens is 362 g/mol. The van der Waals surface area contributed by atoms with Crippen molar-refractivity contribution in [2.75, 3.05) is 19.8 Å². The molecule has 2 rings (SSSR count). The Kier molecular flexibility index (Phi) is 7.23. The van der Waals surface area contributed by atoms with Gasteiger partial charge in [-0.15, -0.1) is 0 Å². The van der Waals surface area contributed by atoms with E-state index in [1.165, 1.54) is 17.9 Å². The maximum atomic E-state index is 14.1.